The van der Waals surface area contributed by atoms with E-state index in [1.807, 2.05) is 31.3 Å². The summed E-state index contributed by atoms with van der Waals surface area (Å²) in [7, 11) is 1.74. The predicted octanol–water partition coefficient (Wildman–Crippen LogP) is 2.32. The molecule has 1 amide bonds. The molecule has 19 heavy (non-hydrogen) atoms. The first kappa shape index (κ1) is 13.7. The number of benzene rings is 1. The van der Waals surface area contributed by atoms with Crippen molar-refractivity contribution in [2.75, 3.05) is 7.05 Å². The minimum atomic E-state index is 0.00868. The van der Waals surface area contributed by atoms with Gasteiger partial charge in [-0.15, -0.1) is 5.10 Å². The van der Waals surface area contributed by atoms with E-state index >= 15 is 0 Å². The first-order valence-electron chi connectivity index (χ1n) is 5.87. The summed E-state index contributed by atoms with van der Waals surface area (Å²) in [4.78, 5) is 12.8. The molecule has 0 atom stereocenters. The molecule has 100 valence electrons. The summed E-state index contributed by atoms with van der Waals surface area (Å²) in [5, 5.41) is 8.19. The van der Waals surface area contributed by atoms with Crippen molar-refractivity contribution >= 4 is 21.8 Å². The van der Waals surface area contributed by atoms with E-state index in [1.165, 1.54) is 6.92 Å². The van der Waals surface area contributed by atoms with Crippen molar-refractivity contribution in [1.29, 1.82) is 0 Å². The van der Waals surface area contributed by atoms with E-state index in [2.05, 4.69) is 26.2 Å². The van der Waals surface area contributed by atoms with Gasteiger partial charge in [0.2, 0.25) is 5.91 Å². The smallest absolute Gasteiger partial charge is 0.219 e. The van der Waals surface area contributed by atoms with Crippen LogP contribution < -0.4 is 0 Å². The molecule has 2 aromatic rings. The van der Waals surface area contributed by atoms with Crippen molar-refractivity contribution in [1.82, 2.24) is 19.9 Å². The standard InChI is InChI=1S/C13H15BrN4O/c1-9-6-11(14)4-5-13(9)18-8-12(15-16-18)7-17(3)10(2)19/h4-6,8H,7H2,1-3H3. The fraction of sp³-hybridized carbons (Fsp3) is 0.308. The van der Waals surface area contributed by atoms with E-state index in [0.717, 1.165) is 21.4 Å². The third kappa shape index (κ3) is 3.20. The highest BCUT2D eigenvalue weighted by atomic mass is 79.9. The van der Waals surface area contributed by atoms with Crippen molar-refractivity contribution in [3.63, 3.8) is 0 Å². The second-order valence-electron chi connectivity index (χ2n) is 4.46. The van der Waals surface area contributed by atoms with Crippen LogP contribution in [0.4, 0.5) is 0 Å². The van der Waals surface area contributed by atoms with Gasteiger partial charge < -0.3 is 4.90 Å². The third-order valence-electron chi connectivity index (χ3n) is 2.88. The summed E-state index contributed by atoms with van der Waals surface area (Å²) < 4.78 is 2.76. The first-order chi connectivity index (χ1) is 8.97. The van der Waals surface area contributed by atoms with E-state index in [0.29, 0.717) is 6.54 Å². The Morgan fingerprint density at radius 2 is 2.21 bits per heavy atom. The topological polar surface area (TPSA) is 51.0 Å². The minimum absolute atomic E-state index is 0.00868. The summed E-state index contributed by atoms with van der Waals surface area (Å²) in [6.07, 6.45) is 1.84. The van der Waals surface area contributed by atoms with Crippen LogP contribution in [0.2, 0.25) is 0 Å². The van der Waals surface area contributed by atoms with E-state index in [1.54, 1.807) is 16.6 Å². The summed E-state index contributed by atoms with van der Waals surface area (Å²) in [5.41, 5.74) is 2.85. The average molecular weight is 323 g/mol. The number of nitrogens with zero attached hydrogens (tertiary/aromatic N) is 4. The molecule has 0 saturated carbocycles. The molecule has 0 bridgehead atoms. The SMILES string of the molecule is CC(=O)N(C)Cc1cn(-c2ccc(Br)cc2C)nn1. The van der Waals surface area contributed by atoms with Crippen LogP contribution in [0.5, 0.6) is 0 Å². The average Bonchev–Trinajstić information content (AvgIpc) is 2.77. The number of carbonyl (C=O) groups is 1. The summed E-state index contributed by atoms with van der Waals surface area (Å²) in [5.74, 6) is 0.00868. The molecule has 0 aliphatic carbocycles. The normalized spacial score (nSPS) is 10.5. The van der Waals surface area contributed by atoms with Crippen molar-refractivity contribution < 1.29 is 4.79 Å². The number of aryl methyl sites for hydroxylation is 1. The molecular weight excluding hydrogens is 308 g/mol. The minimum Gasteiger partial charge on any atom is -0.340 e. The molecule has 0 unspecified atom stereocenters. The number of hydrogen-bond acceptors (Lipinski definition) is 3. The lowest BCUT2D eigenvalue weighted by Gasteiger charge is -2.11. The number of amides is 1. The van der Waals surface area contributed by atoms with Gasteiger partial charge in [0.15, 0.2) is 0 Å². The van der Waals surface area contributed by atoms with Crippen LogP contribution in [-0.2, 0) is 11.3 Å². The van der Waals surface area contributed by atoms with E-state index in [-0.39, 0.29) is 5.91 Å². The van der Waals surface area contributed by atoms with Gasteiger partial charge in [-0.25, -0.2) is 4.68 Å². The molecule has 0 saturated heterocycles. The van der Waals surface area contributed by atoms with Crippen molar-refractivity contribution in [2.45, 2.75) is 20.4 Å². The molecular formula is C13H15BrN4O. The maximum absolute atomic E-state index is 11.2. The third-order valence-corrected chi connectivity index (χ3v) is 3.38. The lowest BCUT2D eigenvalue weighted by molar-refractivity contribution is -0.128. The van der Waals surface area contributed by atoms with Crippen molar-refractivity contribution in [3.8, 4) is 5.69 Å². The Kier molecular flexibility index (Phi) is 3.99. The Labute approximate surface area is 120 Å². The highest BCUT2D eigenvalue weighted by molar-refractivity contribution is 9.10. The number of halogens is 1. The number of aromatic nitrogens is 3. The van der Waals surface area contributed by atoms with Gasteiger partial charge in [-0.2, -0.15) is 0 Å². The Morgan fingerprint density at radius 3 is 2.84 bits per heavy atom. The van der Waals surface area contributed by atoms with Crippen LogP contribution in [0.1, 0.15) is 18.2 Å². The van der Waals surface area contributed by atoms with E-state index in [4.69, 9.17) is 0 Å². The highest BCUT2D eigenvalue weighted by Crippen LogP contribution is 2.18. The van der Waals surface area contributed by atoms with Crippen molar-refractivity contribution in [3.05, 3.63) is 40.1 Å². The van der Waals surface area contributed by atoms with Crippen LogP contribution >= 0.6 is 15.9 Å². The van der Waals surface area contributed by atoms with Crippen LogP contribution in [0.15, 0.2) is 28.9 Å². The van der Waals surface area contributed by atoms with Crippen LogP contribution in [0.3, 0.4) is 0 Å². The molecule has 1 aromatic carbocycles. The summed E-state index contributed by atoms with van der Waals surface area (Å²) >= 11 is 3.43. The Balaban J connectivity index is 2.23. The largest absolute Gasteiger partial charge is 0.340 e. The van der Waals surface area contributed by atoms with Gasteiger partial charge in [-0.1, -0.05) is 21.1 Å². The molecule has 0 aliphatic rings. The number of carbonyl (C=O) groups excluding carboxylic acids is 1. The predicted molar refractivity (Wildman–Crippen MR) is 75.9 cm³/mol. The zero-order chi connectivity index (χ0) is 14.0. The van der Waals surface area contributed by atoms with Gasteiger partial charge in [0.1, 0.15) is 5.69 Å². The van der Waals surface area contributed by atoms with Gasteiger partial charge in [-0.05, 0) is 30.7 Å². The Hall–Kier alpha value is -1.69. The van der Waals surface area contributed by atoms with E-state index in [9.17, 15) is 4.79 Å². The van der Waals surface area contributed by atoms with E-state index < -0.39 is 0 Å². The molecule has 5 nitrogen and oxygen atoms in total. The first-order valence-corrected chi connectivity index (χ1v) is 6.66. The van der Waals surface area contributed by atoms with Crippen LogP contribution in [0, 0.1) is 6.92 Å². The quantitative estimate of drug-likeness (QED) is 0.871. The molecule has 0 radical (unpaired) electrons. The molecule has 0 aliphatic heterocycles. The lowest BCUT2D eigenvalue weighted by Crippen LogP contribution is -2.23. The Morgan fingerprint density at radius 1 is 1.47 bits per heavy atom. The molecule has 2 rings (SSSR count). The maximum Gasteiger partial charge on any atom is 0.219 e. The molecule has 1 heterocycles. The van der Waals surface area contributed by atoms with Crippen molar-refractivity contribution in [2.24, 2.45) is 0 Å². The van der Waals surface area contributed by atoms with Gasteiger partial charge in [0, 0.05) is 18.4 Å². The Bertz CT molecular complexity index is 608. The number of hydrogen-bond donors (Lipinski definition) is 0. The zero-order valence-corrected chi connectivity index (χ0v) is 12.7. The molecule has 6 heteroatoms. The monoisotopic (exact) mass is 322 g/mol. The van der Waals surface area contributed by atoms with Gasteiger partial charge in [0.05, 0.1) is 18.4 Å². The summed E-state index contributed by atoms with van der Waals surface area (Å²) in [6, 6.07) is 5.97. The van der Waals surface area contributed by atoms with Gasteiger partial charge >= 0.3 is 0 Å². The van der Waals surface area contributed by atoms with Gasteiger partial charge in [-0.3, -0.25) is 4.79 Å². The van der Waals surface area contributed by atoms with Crippen LogP contribution in [-0.4, -0.2) is 32.8 Å². The van der Waals surface area contributed by atoms with Gasteiger partial charge in [0.25, 0.3) is 0 Å². The van der Waals surface area contributed by atoms with Crippen LogP contribution in [0.25, 0.3) is 5.69 Å². The fourth-order valence-corrected chi connectivity index (χ4v) is 2.19. The molecule has 0 N–H and O–H groups in total. The fourth-order valence-electron chi connectivity index (χ4n) is 1.72. The molecule has 0 spiro atoms. The highest BCUT2D eigenvalue weighted by Gasteiger charge is 2.09. The number of rotatable bonds is 3. The molecule has 1 aromatic heterocycles. The molecule has 0 fully saturated rings. The zero-order valence-electron chi connectivity index (χ0n) is 11.1. The second-order valence-corrected chi connectivity index (χ2v) is 5.38. The second kappa shape index (κ2) is 5.52. The summed E-state index contributed by atoms with van der Waals surface area (Å²) in [6.45, 7) is 4.01. The maximum atomic E-state index is 11.2. The lowest BCUT2D eigenvalue weighted by atomic mass is 10.2.